The predicted octanol–water partition coefficient (Wildman–Crippen LogP) is 1.58. The summed E-state index contributed by atoms with van der Waals surface area (Å²) < 4.78 is 0. The first-order chi connectivity index (χ1) is 10.2. The Morgan fingerprint density at radius 3 is 2.95 bits per heavy atom. The van der Waals surface area contributed by atoms with Gasteiger partial charge in [-0.25, -0.2) is 0 Å². The number of amides is 1. The molecule has 0 radical (unpaired) electrons. The second-order valence-corrected chi connectivity index (χ2v) is 5.45. The molecule has 1 amide bonds. The minimum atomic E-state index is -0.779. The SMILES string of the molecule is NC(=O)C1(c2ccccn2)CCCCC1Nc1cc[nH]n1. The molecular weight excluding hydrogens is 266 g/mol. The van der Waals surface area contributed by atoms with E-state index >= 15 is 0 Å². The molecule has 3 rings (SSSR count). The van der Waals surface area contributed by atoms with Crippen molar-refractivity contribution < 1.29 is 4.79 Å². The number of H-pyrrole nitrogens is 1. The number of aromatic amines is 1. The van der Waals surface area contributed by atoms with Gasteiger partial charge >= 0.3 is 0 Å². The predicted molar refractivity (Wildman–Crippen MR) is 79.6 cm³/mol. The van der Waals surface area contributed by atoms with Crippen molar-refractivity contribution in [3.63, 3.8) is 0 Å². The molecule has 1 aliphatic carbocycles. The Morgan fingerprint density at radius 2 is 2.29 bits per heavy atom. The molecule has 2 atom stereocenters. The molecule has 21 heavy (non-hydrogen) atoms. The average Bonchev–Trinajstić information content (AvgIpc) is 3.01. The normalized spacial score (nSPS) is 25.4. The van der Waals surface area contributed by atoms with E-state index in [0.29, 0.717) is 6.42 Å². The third kappa shape index (κ3) is 2.37. The zero-order chi connectivity index (χ0) is 14.7. The van der Waals surface area contributed by atoms with Gasteiger partial charge in [0.2, 0.25) is 5.91 Å². The van der Waals surface area contributed by atoms with Crippen LogP contribution in [0, 0.1) is 0 Å². The van der Waals surface area contributed by atoms with E-state index in [0.717, 1.165) is 30.8 Å². The van der Waals surface area contributed by atoms with Crippen LogP contribution in [0.4, 0.5) is 5.82 Å². The van der Waals surface area contributed by atoms with Crippen LogP contribution in [0.15, 0.2) is 36.7 Å². The Morgan fingerprint density at radius 1 is 1.38 bits per heavy atom. The van der Waals surface area contributed by atoms with E-state index in [1.54, 1.807) is 12.4 Å². The second kappa shape index (κ2) is 5.55. The Balaban J connectivity index is 2.00. The average molecular weight is 285 g/mol. The number of hydrogen-bond donors (Lipinski definition) is 3. The third-order valence-corrected chi connectivity index (χ3v) is 4.29. The number of primary amides is 1. The lowest BCUT2D eigenvalue weighted by Gasteiger charge is -2.41. The lowest BCUT2D eigenvalue weighted by molar-refractivity contribution is -0.125. The summed E-state index contributed by atoms with van der Waals surface area (Å²) in [5.41, 5.74) is 5.77. The first-order valence-corrected chi connectivity index (χ1v) is 7.21. The van der Waals surface area contributed by atoms with Gasteiger partial charge in [-0.05, 0) is 31.0 Å². The molecular formula is C15H19N5O. The molecule has 6 heteroatoms. The van der Waals surface area contributed by atoms with Crippen molar-refractivity contribution in [3.05, 3.63) is 42.4 Å². The molecule has 0 saturated heterocycles. The fraction of sp³-hybridized carbons (Fsp3) is 0.400. The van der Waals surface area contributed by atoms with Crippen LogP contribution in [0.5, 0.6) is 0 Å². The van der Waals surface area contributed by atoms with Crippen LogP contribution in [0.3, 0.4) is 0 Å². The van der Waals surface area contributed by atoms with Gasteiger partial charge in [0, 0.05) is 18.4 Å². The van der Waals surface area contributed by atoms with Crippen molar-refractivity contribution in [2.24, 2.45) is 5.73 Å². The van der Waals surface area contributed by atoms with Gasteiger partial charge in [0.25, 0.3) is 0 Å². The van der Waals surface area contributed by atoms with Gasteiger partial charge in [0.05, 0.1) is 5.69 Å². The fourth-order valence-electron chi connectivity index (χ4n) is 3.24. The topological polar surface area (TPSA) is 96.7 Å². The minimum absolute atomic E-state index is 0.0954. The molecule has 110 valence electrons. The number of carbonyl (C=O) groups excluding carboxylic acids is 1. The van der Waals surface area contributed by atoms with Gasteiger partial charge in [0.15, 0.2) is 0 Å². The van der Waals surface area contributed by atoms with E-state index in [-0.39, 0.29) is 11.9 Å². The number of carbonyl (C=O) groups is 1. The van der Waals surface area contributed by atoms with Crippen LogP contribution >= 0.6 is 0 Å². The fourth-order valence-corrected chi connectivity index (χ4v) is 3.24. The van der Waals surface area contributed by atoms with Crippen LogP contribution in [0.2, 0.25) is 0 Å². The zero-order valence-electron chi connectivity index (χ0n) is 11.7. The van der Waals surface area contributed by atoms with E-state index in [1.807, 2.05) is 24.3 Å². The maximum Gasteiger partial charge on any atom is 0.231 e. The van der Waals surface area contributed by atoms with Gasteiger partial charge in [-0.3, -0.25) is 14.9 Å². The van der Waals surface area contributed by atoms with Crippen LogP contribution < -0.4 is 11.1 Å². The molecule has 0 aliphatic heterocycles. The molecule has 6 nitrogen and oxygen atoms in total. The number of pyridine rings is 1. The molecule has 2 unspecified atom stereocenters. The quantitative estimate of drug-likeness (QED) is 0.794. The maximum absolute atomic E-state index is 12.3. The summed E-state index contributed by atoms with van der Waals surface area (Å²) in [7, 11) is 0. The van der Waals surface area contributed by atoms with E-state index in [4.69, 9.17) is 5.73 Å². The van der Waals surface area contributed by atoms with Gasteiger partial charge in [-0.1, -0.05) is 18.9 Å². The molecule has 1 saturated carbocycles. The number of anilines is 1. The number of hydrogen-bond acceptors (Lipinski definition) is 4. The summed E-state index contributed by atoms with van der Waals surface area (Å²) in [5, 5.41) is 10.2. The smallest absolute Gasteiger partial charge is 0.231 e. The van der Waals surface area contributed by atoms with Crippen molar-refractivity contribution in [2.75, 3.05) is 5.32 Å². The van der Waals surface area contributed by atoms with E-state index < -0.39 is 5.41 Å². The van der Waals surface area contributed by atoms with E-state index in [9.17, 15) is 4.79 Å². The first-order valence-electron chi connectivity index (χ1n) is 7.21. The highest BCUT2D eigenvalue weighted by Gasteiger charge is 2.48. The molecule has 0 aromatic carbocycles. The number of nitrogens with zero attached hydrogens (tertiary/aromatic N) is 2. The minimum Gasteiger partial charge on any atom is -0.369 e. The van der Waals surface area contributed by atoms with Crippen LogP contribution in [-0.2, 0) is 10.2 Å². The third-order valence-electron chi connectivity index (χ3n) is 4.29. The molecule has 4 N–H and O–H groups in total. The van der Waals surface area contributed by atoms with Crippen molar-refractivity contribution in [2.45, 2.75) is 37.1 Å². The zero-order valence-corrected chi connectivity index (χ0v) is 11.7. The molecule has 2 aromatic rings. The molecule has 2 aromatic heterocycles. The lowest BCUT2D eigenvalue weighted by Crippen LogP contribution is -2.55. The van der Waals surface area contributed by atoms with Gasteiger partial charge in [-0.15, -0.1) is 0 Å². The Bertz CT molecular complexity index is 598. The molecule has 0 bridgehead atoms. The molecule has 1 aliphatic rings. The highest BCUT2D eigenvalue weighted by Crippen LogP contribution is 2.39. The highest BCUT2D eigenvalue weighted by molar-refractivity contribution is 5.88. The van der Waals surface area contributed by atoms with Gasteiger partial charge in [0.1, 0.15) is 11.2 Å². The largest absolute Gasteiger partial charge is 0.369 e. The first kappa shape index (κ1) is 13.6. The molecule has 2 heterocycles. The summed E-state index contributed by atoms with van der Waals surface area (Å²) in [4.78, 5) is 16.7. The van der Waals surface area contributed by atoms with Crippen molar-refractivity contribution in [1.82, 2.24) is 15.2 Å². The summed E-state index contributed by atoms with van der Waals surface area (Å²) in [6.45, 7) is 0. The Labute approximate surface area is 123 Å². The lowest BCUT2D eigenvalue weighted by atomic mass is 9.67. The van der Waals surface area contributed by atoms with Crippen LogP contribution in [-0.4, -0.2) is 27.1 Å². The Hall–Kier alpha value is -2.37. The number of nitrogens with one attached hydrogen (secondary N) is 2. The van der Waals surface area contributed by atoms with Crippen molar-refractivity contribution in [3.8, 4) is 0 Å². The highest BCUT2D eigenvalue weighted by atomic mass is 16.1. The maximum atomic E-state index is 12.3. The second-order valence-electron chi connectivity index (χ2n) is 5.45. The number of nitrogens with two attached hydrogens (primary N) is 1. The van der Waals surface area contributed by atoms with Crippen molar-refractivity contribution >= 4 is 11.7 Å². The number of rotatable bonds is 4. The molecule has 0 spiro atoms. The Kier molecular flexibility index (Phi) is 3.60. The van der Waals surface area contributed by atoms with Crippen LogP contribution in [0.1, 0.15) is 31.4 Å². The standard InChI is InChI=1S/C15H19N5O/c16-14(21)15(11-5-2-4-9-17-11)8-3-1-6-12(15)19-13-7-10-18-20-13/h2,4-5,7,9-10,12H,1,3,6,8H2,(H2,16,21)(H2,18,19,20). The molecule has 1 fully saturated rings. The van der Waals surface area contributed by atoms with E-state index in [1.165, 1.54) is 0 Å². The summed E-state index contributed by atoms with van der Waals surface area (Å²) in [6.07, 6.45) is 7.06. The number of aromatic nitrogens is 3. The van der Waals surface area contributed by atoms with Gasteiger partial charge < -0.3 is 11.1 Å². The van der Waals surface area contributed by atoms with Crippen molar-refractivity contribution in [1.29, 1.82) is 0 Å². The summed E-state index contributed by atoms with van der Waals surface area (Å²) in [6, 6.07) is 7.38. The van der Waals surface area contributed by atoms with Crippen LogP contribution in [0.25, 0.3) is 0 Å². The monoisotopic (exact) mass is 285 g/mol. The van der Waals surface area contributed by atoms with E-state index in [2.05, 4.69) is 20.5 Å². The van der Waals surface area contributed by atoms with Gasteiger partial charge in [-0.2, -0.15) is 5.10 Å². The summed E-state index contributed by atoms with van der Waals surface area (Å²) >= 11 is 0. The summed E-state index contributed by atoms with van der Waals surface area (Å²) in [5.74, 6) is 0.400.